The second-order valence-corrected chi connectivity index (χ2v) is 6.35. The van der Waals surface area contributed by atoms with Crippen molar-refractivity contribution < 1.29 is 0 Å². The van der Waals surface area contributed by atoms with Crippen LogP contribution in [0.15, 0.2) is 53.8 Å². The molecule has 0 spiro atoms. The summed E-state index contributed by atoms with van der Waals surface area (Å²) in [5, 5.41) is 4.13. The number of nitrogens with two attached hydrogens (primary N) is 1. The minimum atomic E-state index is 0.163. The molecule has 1 saturated heterocycles. The summed E-state index contributed by atoms with van der Waals surface area (Å²) >= 11 is 4.71. The molecule has 1 aliphatic rings. The van der Waals surface area contributed by atoms with Crippen molar-refractivity contribution in [1.82, 2.24) is 15.3 Å². The Kier molecular flexibility index (Phi) is 5.92. The lowest BCUT2D eigenvalue weighted by Gasteiger charge is -2.36. The Labute approximate surface area is 153 Å². The van der Waals surface area contributed by atoms with E-state index in [1.54, 1.807) is 6.21 Å². The lowest BCUT2D eigenvalue weighted by atomic mass is 10.2. The summed E-state index contributed by atoms with van der Waals surface area (Å²) in [7, 11) is 0. The van der Waals surface area contributed by atoms with Gasteiger partial charge in [-0.3, -0.25) is 15.3 Å². The number of piperazine rings is 1. The fourth-order valence-corrected chi connectivity index (χ4v) is 2.88. The average Bonchev–Trinajstić information content (AvgIpc) is 2.64. The van der Waals surface area contributed by atoms with Gasteiger partial charge in [-0.05, 0) is 42.0 Å². The third-order valence-corrected chi connectivity index (χ3v) is 4.22. The van der Waals surface area contributed by atoms with Crippen molar-refractivity contribution in [3.63, 3.8) is 0 Å². The molecule has 0 unspecified atom stereocenters. The Morgan fingerprint density at radius 1 is 1.16 bits per heavy atom. The van der Waals surface area contributed by atoms with Crippen LogP contribution >= 0.6 is 12.2 Å². The zero-order chi connectivity index (χ0) is 17.5. The Morgan fingerprint density at radius 2 is 1.92 bits per heavy atom. The minimum Gasteiger partial charge on any atom is -0.375 e. The van der Waals surface area contributed by atoms with E-state index in [0.717, 1.165) is 44.0 Å². The standard InChI is InChI=1S/C18H22N6S/c19-18(25)22-21-13-15-4-6-17(7-5-15)24-11-9-23(10-12-24)14-16-3-1-2-8-20-16/h1-8,13H,9-12,14H2,(H3,19,22,25)/b21-13+. The molecule has 1 aliphatic heterocycles. The zero-order valence-corrected chi connectivity index (χ0v) is 14.8. The lowest BCUT2D eigenvalue weighted by Crippen LogP contribution is -2.46. The van der Waals surface area contributed by atoms with Gasteiger partial charge in [-0.2, -0.15) is 5.10 Å². The van der Waals surface area contributed by atoms with Crippen molar-refractivity contribution >= 4 is 29.2 Å². The summed E-state index contributed by atoms with van der Waals surface area (Å²) in [6, 6.07) is 14.4. The summed E-state index contributed by atoms with van der Waals surface area (Å²) in [6.45, 7) is 5.03. The molecule has 1 aromatic heterocycles. The number of aromatic nitrogens is 1. The molecule has 0 bridgehead atoms. The second-order valence-electron chi connectivity index (χ2n) is 5.91. The third kappa shape index (κ3) is 5.23. The predicted octanol–water partition coefficient (Wildman–Crippen LogP) is 1.57. The first-order valence-corrected chi connectivity index (χ1v) is 8.67. The van der Waals surface area contributed by atoms with E-state index in [1.807, 2.05) is 30.5 Å². The maximum absolute atomic E-state index is 5.33. The van der Waals surface area contributed by atoms with Crippen LogP contribution in [0.3, 0.4) is 0 Å². The highest BCUT2D eigenvalue weighted by Gasteiger charge is 2.17. The van der Waals surface area contributed by atoms with Crippen molar-refractivity contribution in [3.05, 3.63) is 59.9 Å². The van der Waals surface area contributed by atoms with E-state index in [2.05, 4.69) is 43.5 Å². The van der Waals surface area contributed by atoms with Crippen LogP contribution in [-0.2, 0) is 6.54 Å². The quantitative estimate of drug-likeness (QED) is 0.483. The highest BCUT2D eigenvalue weighted by molar-refractivity contribution is 7.80. The summed E-state index contributed by atoms with van der Waals surface area (Å²) in [5.74, 6) is 0. The zero-order valence-electron chi connectivity index (χ0n) is 14.0. The molecule has 1 aromatic carbocycles. The molecule has 7 heteroatoms. The van der Waals surface area contributed by atoms with E-state index >= 15 is 0 Å². The first-order chi connectivity index (χ1) is 12.2. The fraction of sp³-hybridized carbons (Fsp3) is 0.278. The number of hydrogen-bond donors (Lipinski definition) is 2. The van der Waals surface area contributed by atoms with Crippen LogP contribution in [0.5, 0.6) is 0 Å². The topological polar surface area (TPSA) is 69.8 Å². The van der Waals surface area contributed by atoms with Crippen LogP contribution in [0.1, 0.15) is 11.3 Å². The summed E-state index contributed by atoms with van der Waals surface area (Å²) in [6.07, 6.45) is 3.56. The van der Waals surface area contributed by atoms with Crippen LogP contribution in [0.2, 0.25) is 0 Å². The monoisotopic (exact) mass is 354 g/mol. The molecule has 25 heavy (non-hydrogen) atoms. The lowest BCUT2D eigenvalue weighted by molar-refractivity contribution is 0.247. The van der Waals surface area contributed by atoms with Crippen LogP contribution in [-0.4, -0.2) is 47.4 Å². The van der Waals surface area contributed by atoms with Gasteiger partial charge in [0.1, 0.15) is 0 Å². The van der Waals surface area contributed by atoms with E-state index in [9.17, 15) is 0 Å². The molecule has 1 fully saturated rings. The summed E-state index contributed by atoms with van der Waals surface area (Å²) in [5.41, 5.74) is 11.2. The third-order valence-electron chi connectivity index (χ3n) is 4.13. The molecular formula is C18H22N6S. The number of hydrazone groups is 1. The molecule has 6 nitrogen and oxygen atoms in total. The van der Waals surface area contributed by atoms with Crippen molar-refractivity contribution in [2.45, 2.75) is 6.54 Å². The first-order valence-electron chi connectivity index (χ1n) is 8.26. The molecule has 0 saturated carbocycles. The van der Waals surface area contributed by atoms with Gasteiger partial charge in [-0.25, -0.2) is 0 Å². The molecule has 130 valence electrons. The van der Waals surface area contributed by atoms with E-state index in [-0.39, 0.29) is 5.11 Å². The highest BCUT2D eigenvalue weighted by Crippen LogP contribution is 2.17. The van der Waals surface area contributed by atoms with Crippen molar-refractivity contribution in [1.29, 1.82) is 0 Å². The summed E-state index contributed by atoms with van der Waals surface area (Å²) in [4.78, 5) is 9.26. The van der Waals surface area contributed by atoms with E-state index in [4.69, 9.17) is 18.0 Å². The van der Waals surface area contributed by atoms with Gasteiger partial charge < -0.3 is 10.6 Å². The maximum atomic E-state index is 5.33. The average molecular weight is 354 g/mol. The molecule has 0 amide bonds. The molecule has 0 atom stereocenters. The largest absolute Gasteiger partial charge is 0.375 e. The molecule has 3 rings (SSSR count). The van der Waals surface area contributed by atoms with Gasteiger partial charge in [-0.15, -0.1) is 0 Å². The number of pyridine rings is 1. The molecule has 2 aromatic rings. The Bertz CT molecular complexity index is 708. The smallest absolute Gasteiger partial charge is 0.184 e. The van der Waals surface area contributed by atoms with Gasteiger partial charge in [0.2, 0.25) is 0 Å². The molecule has 0 radical (unpaired) electrons. The maximum Gasteiger partial charge on any atom is 0.184 e. The van der Waals surface area contributed by atoms with E-state index < -0.39 is 0 Å². The number of anilines is 1. The normalized spacial score (nSPS) is 15.4. The van der Waals surface area contributed by atoms with Gasteiger partial charge in [0.25, 0.3) is 0 Å². The van der Waals surface area contributed by atoms with Gasteiger partial charge >= 0.3 is 0 Å². The Hall–Kier alpha value is -2.51. The Morgan fingerprint density at radius 3 is 2.56 bits per heavy atom. The Balaban J connectivity index is 1.51. The second kappa shape index (κ2) is 8.55. The van der Waals surface area contributed by atoms with Gasteiger partial charge in [-0.1, -0.05) is 18.2 Å². The summed E-state index contributed by atoms with van der Waals surface area (Å²) < 4.78 is 0. The number of rotatable bonds is 5. The SMILES string of the molecule is NC(=S)N/N=C/c1ccc(N2CCN(Cc3ccccn3)CC2)cc1. The predicted molar refractivity (Wildman–Crippen MR) is 106 cm³/mol. The van der Waals surface area contributed by atoms with Crippen LogP contribution in [0.4, 0.5) is 5.69 Å². The van der Waals surface area contributed by atoms with Crippen molar-refractivity contribution in [3.8, 4) is 0 Å². The molecule has 2 heterocycles. The number of benzene rings is 1. The number of thiocarbonyl (C=S) groups is 1. The fourth-order valence-electron chi connectivity index (χ4n) is 2.83. The molecular weight excluding hydrogens is 332 g/mol. The number of nitrogens with one attached hydrogen (secondary N) is 1. The minimum absolute atomic E-state index is 0.163. The van der Waals surface area contributed by atoms with E-state index in [0.29, 0.717) is 0 Å². The van der Waals surface area contributed by atoms with Crippen LogP contribution in [0, 0.1) is 0 Å². The number of nitrogens with zero attached hydrogens (tertiary/aromatic N) is 4. The van der Waals surface area contributed by atoms with Gasteiger partial charge in [0.15, 0.2) is 5.11 Å². The van der Waals surface area contributed by atoms with Gasteiger partial charge in [0.05, 0.1) is 11.9 Å². The number of hydrogen-bond acceptors (Lipinski definition) is 5. The molecule has 0 aliphatic carbocycles. The first kappa shape index (κ1) is 17.3. The van der Waals surface area contributed by atoms with E-state index in [1.165, 1.54) is 5.69 Å². The van der Waals surface area contributed by atoms with Crippen LogP contribution in [0.25, 0.3) is 0 Å². The molecule has 3 N–H and O–H groups in total. The van der Waals surface area contributed by atoms with Crippen LogP contribution < -0.4 is 16.1 Å². The van der Waals surface area contributed by atoms with Crippen molar-refractivity contribution in [2.75, 3.05) is 31.1 Å². The van der Waals surface area contributed by atoms with Gasteiger partial charge in [0, 0.05) is 44.6 Å². The highest BCUT2D eigenvalue weighted by atomic mass is 32.1. The van der Waals surface area contributed by atoms with Crippen molar-refractivity contribution in [2.24, 2.45) is 10.8 Å².